The van der Waals surface area contributed by atoms with Crippen molar-refractivity contribution in [2.24, 2.45) is 5.92 Å². The lowest BCUT2D eigenvalue weighted by atomic mass is 9.94. The van der Waals surface area contributed by atoms with Gasteiger partial charge in [0, 0.05) is 17.6 Å². The molecule has 2 aliphatic rings. The molecule has 0 spiro atoms. The van der Waals surface area contributed by atoms with Crippen LogP contribution >= 0.6 is 0 Å². The molecule has 0 aromatic carbocycles. The van der Waals surface area contributed by atoms with Crippen molar-refractivity contribution in [3.63, 3.8) is 0 Å². The van der Waals surface area contributed by atoms with Gasteiger partial charge in [-0.05, 0) is 33.6 Å². The highest BCUT2D eigenvalue weighted by atomic mass is 19.4. The SMILES string of the molecule is C=C(C)C(=O)OC1(C)COC(O)(C(F)(F)F)C1(F)F.C=C(C)C(=O)OC1(C)COC(OC(=O)CC(C)C)(C(F)(F)F)C1(F)F. The van der Waals surface area contributed by atoms with Gasteiger partial charge >= 0.3 is 53.7 Å². The molecular weight excluding hydrogens is 634 g/mol. The minimum absolute atomic E-state index is 0.278. The maximum Gasteiger partial charge on any atom is 0.462 e. The van der Waals surface area contributed by atoms with E-state index >= 15 is 0 Å². The molecule has 0 saturated carbocycles. The maximum absolute atomic E-state index is 14.7. The highest BCUT2D eigenvalue weighted by molar-refractivity contribution is 5.87. The summed E-state index contributed by atoms with van der Waals surface area (Å²) >= 11 is 0. The third-order valence-electron chi connectivity index (χ3n) is 6.20. The van der Waals surface area contributed by atoms with Gasteiger partial charge < -0.3 is 28.8 Å². The Kier molecular flexibility index (Phi) is 10.8. The van der Waals surface area contributed by atoms with Gasteiger partial charge in [0.05, 0.1) is 13.2 Å². The van der Waals surface area contributed by atoms with E-state index in [9.17, 15) is 58.3 Å². The van der Waals surface area contributed by atoms with E-state index in [1.165, 1.54) is 13.8 Å². The fraction of sp³-hybridized carbons (Fsp3) is 0.720. The molecule has 0 radical (unpaired) electrons. The molecule has 2 heterocycles. The fourth-order valence-electron chi connectivity index (χ4n) is 3.53. The van der Waals surface area contributed by atoms with Gasteiger partial charge in [0.1, 0.15) is 0 Å². The molecule has 9 nitrogen and oxygen atoms in total. The first-order valence-electron chi connectivity index (χ1n) is 12.3. The van der Waals surface area contributed by atoms with Crippen LogP contribution in [0.25, 0.3) is 0 Å². The predicted octanol–water partition coefficient (Wildman–Crippen LogP) is 5.16. The van der Waals surface area contributed by atoms with Gasteiger partial charge in [0.25, 0.3) is 0 Å². The van der Waals surface area contributed by atoms with E-state index in [2.05, 4.69) is 36.8 Å². The molecule has 1 N–H and O–H groups in total. The molecule has 0 aromatic heterocycles. The van der Waals surface area contributed by atoms with Crippen LogP contribution in [0.2, 0.25) is 0 Å². The van der Waals surface area contributed by atoms with Gasteiger partial charge in [-0.2, -0.15) is 43.9 Å². The van der Waals surface area contributed by atoms with Gasteiger partial charge in [-0.15, -0.1) is 0 Å². The standard InChI is InChI=1S/C15H19F5O5.C10H11F5O4/c1-8(2)6-10(21)24-14(15(18,19)20)13(16,17)12(5,7-23-14)25-11(22)9(3)4;1-5(2)6(16)19-7(3)4-18-9(17,8(7,11)12)10(13,14)15/h8H,3,6-7H2,1-2,4-5H3;17H,1,4H2,2-3H3. The zero-order valence-electron chi connectivity index (χ0n) is 24.1. The van der Waals surface area contributed by atoms with Crippen LogP contribution in [0.3, 0.4) is 0 Å². The summed E-state index contributed by atoms with van der Waals surface area (Å²) < 4.78 is 155. The first kappa shape index (κ1) is 39.1. The van der Waals surface area contributed by atoms with E-state index in [1.807, 2.05) is 0 Å². The van der Waals surface area contributed by atoms with Crippen LogP contribution in [-0.4, -0.2) is 83.2 Å². The third-order valence-corrected chi connectivity index (χ3v) is 6.20. The molecule has 0 amide bonds. The second-order valence-electron chi connectivity index (χ2n) is 10.9. The van der Waals surface area contributed by atoms with Gasteiger partial charge in [-0.25, -0.2) is 9.59 Å². The van der Waals surface area contributed by atoms with Crippen LogP contribution in [0.15, 0.2) is 24.3 Å². The van der Waals surface area contributed by atoms with Crippen LogP contribution in [0.1, 0.15) is 48.0 Å². The van der Waals surface area contributed by atoms with Gasteiger partial charge in [0.15, 0.2) is 0 Å². The Labute approximate surface area is 244 Å². The molecule has 2 aliphatic heterocycles. The first-order valence-corrected chi connectivity index (χ1v) is 12.3. The number of alkyl halides is 10. The number of rotatable bonds is 7. The zero-order valence-corrected chi connectivity index (χ0v) is 24.1. The summed E-state index contributed by atoms with van der Waals surface area (Å²) in [5.41, 5.74) is -6.53. The lowest BCUT2D eigenvalue weighted by molar-refractivity contribution is -0.409. The first-order chi connectivity index (χ1) is 19.4. The highest BCUT2D eigenvalue weighted by Crippen LogP contribution is 2.57. The van der Waals surface area contributed by atoms with Crippen LogP contribution < -0.4 is 0 Å². The monoisotopic (exact) mass is 664 g/mol. The van der Waals surface area contributed by atoms with Crippen LogP contribution in [-0.2, 0) is 38.1 Å². The summed E-state index contributed by atoms with van der Waals surface area (Å²) in [5.74, 6) is -23.6. The Morgan fingerprint density at radius 3 is 1.48 bits per heavy atom. The number of esters is 3. The van der Waals surface area contributed by atoms with Crippen molar-refractivity contribution >= 4 is 17.9 Å². The molecule has 4 unspecified atom stereocenters. The second kappa shape index (κ2) is 12.1. The van der Waals surface area contributed by atoms with E-state index in [-0.39, 0.29) is 11.1 Å². The molecule has 2 rings (SSSR count). The van der Waals surface area contributed by atoms with Crippen molar-refractivity contribution in [3.8, 4) is 0 Å². The number of halogens is 10. The largest absolute Gasteiger partial charge is 0.462 e. The zero-order chi connectivity index (χ0) is 35.1. The van der Waals surface area contributed by atoms with E-state index in [0.29, 0.717) is 13.8 Å². The normalized spacial score (nSPS) is 31.0. The quantitative estimate of drug-likeness (QED) is 0.171. The van der Waals surface area contributed by atoms with Gasteiger partial charge in [-0.3, -0.25) is 4.79 Å². The maximum atomic E-state index is 14.7. The van der Waals surface area contributed by atoms with Crippen molar-refractivity contribution in [1.82, 2.24) is 0 Å². The number of aliphatic hydroxyl groups is 1. The Bertz CT molecular complexity index is 1170. The Hall–Kier alpha value is -2.93. The minimum atomic E-state index is -5.77. The number of carbonyl (C=O) groups is 3. The lowest BCUT2D eigenvalue weighted by Crippen LogP contribution is -2.65. The molecule has 19 heteroatoms. The summed E-state index contributed by atoms with van der Waals surface area (Å²) in [6.07, 6.45) is -12.0. The van der Waals surface area contributed by atoms with Crippen molar-refractivity contribution in [2.75, 3.05) is 13.2 Å². The molecule has 0 aromatic rings. The van der Waals surface area contributed by atoms with E-state index in [4.69, 9.17) is 5.11 Å². The molecule has 2 saturated heterocycles. The topological polar surface area (TPSA) is 118 Å². The highest BCUT2D eigenvalue weighted by Gasteiger charge is 2.86. The fourth-order valence-corrected chi connectivity index (χ4v) is 3.53. The predicted molar refractivity (Wildman–Crippen MR) is 126 cm³/mol. The summed E-state index contributed by atoms with van der Waals surface area (Å²) in [4.78, 5) is 34.3. The average Bonchev–Trinajstić information content (AvgIpc) is 3.13. The van der Waals surface area contributed by atoms with Crippen LogP contribution in [0.4, 0.5) is 43.9 Å². The molecule has 44 heavy (non-hydrogen) atoms. The van der Waals surface area contributed by atoms with Crippen molar-refractivity contribution in [3.05, 3.63) is 24.3 Å². The summed E-state index contributed by atoms with van der Waals surface area (Å²) in [7, 11) is 0. The average molecular weight is 664 g/mol. The minimum Gasteiger partial charge on any atom is -0.447 e. The molecule has 0 aliphatic carbocycles. The van der Waals surface area contributed by atoms with E-state index in [1.54, 1.807) is 0 Å². The third kappa shape index (κ3) is 6.68. The van der Waals surface area contributed by atoms with Crippen molar-refractivity contribution in [1.29, 1.82) is 0 Å². The molecule has 0 bridgehead atoms. The molecular formula is C25H30F10O9. The molecule has 2 fully saturated rings. The number of hydrogen-bond donors (Lipinski definition) is 1. The van der Waals surface area contributed by atoms with E-state index in [0.717, 1.165) is 13.8 Å². The smallest absolute Gasteiger partial charge is 0.447 e. The summed E-state index contributed by atoms with van der Waals surface area (Å²) in [5, 5.41) is 9.03. The number of hydrogen-bond acceptors (Lipinski definition) is 9. The van der Waals surface area contributed by atoms with E-state index < -0.39 is 90.4 Å². The van der Waals surface area contributed by atoms with Crippen LogP contribution in [0.5, 0.6) is 0 Å². The molecule has 254 valence electrons. The second-order valence-corrected chi connectivity index (χ2v) is 10.9. The Morgan fingerprint density at radius 1 is 0.773 bits per heavy atom. The van der Waals surface area contributed by atoms with Crippen molar-refractivity contribution in [2.45, 2.75) is 94.9 Å². The van der Waals surface area contributed by atoms with Gasteiger partial charge in [-0.1, -0.05) is 27.0 Å². The van der Waals surface area contributed by atoms with Crippen LogP contribution in [0, 0.1) is 5.92 Å². The molecule has 4 atom stereocenters. The summed E-state index contributed by atoms with van der Waals surface area (Å²) in [6.45, 7) is 10.0. The number of ether oxygens (including phenoxy) is 5. The van der Waals surface area contributed by atoms with Gasteiger partial charge in [0.2, 0.25) is 11.2 Å². The Morgan fingerprint density at radius 2 is 1.16 bits per heavy atom. The lowest BCUT2D eigenvalue weighted by Gasteiger charge is -2.38. The summed E-state index contributed by atoms with van der Waals surface area (Å²) in [6, 6.07) is 0. The van der Waals surface area contributed by atoms with Crippen molar-refractivity contribution < 1.29 is 87.1 Å². The number of carbonyl (C=O) groups excluding carboxylic acids is 3. The Balaban J connectivity index is 0.000000457.